The quantitative estimate of drug-likeness (QED) is 0.878. The summed E-state index contributed by atoms with van der Waals surface area (Å²) in [5.41, 5.74) is 0.320. The molecule has 0 amide bonds. The van der Waals surface area contributed by atoms with Crippen molar-refractivity contribution in [2.75, 3.05) is 0 Å². The monoisotopic (exact) mass is 289 g/mol. The van der Waals surface area contributed by atoms with E-state index in [1.165, 1.54) is 23.9 Å². The van der Waals surface area contributed by atoms with Crippen LogP contribution in [0.5, 0.6) is 0 Å². The van der Waals surface area contributed by atoms with Gasteiger partial charge in [-0.1, -0.05) is 17.7 Å². The van der Waals surface area contributed by atoms with Crippen molar-refractivity contribution in [1.82, 2.24) is 5.32 Å². The number of carbonyl (C=O) groups is 1. The highest BCUT2D eigenvalue weighted by molar-refractivity contribution is 8.01. The Morgan fingerprint density at radius 3 is 2.72 bits per heavy atom. The SMILES string of the molecule is CC1(C)SC(c2c(F)cccc2Cl)NC1C(=O)O. The maximum atomic E-state index is 13.8. The van der Waals surface area contributed by atoms with Crippen molar-refractivity contribution < 1.29 is 14.3 Å². The van der Waals surface area contributed by atoms with Crippen LogP contribution in [0.1, 0.15) is 24.8 Å². The van der Waals surface area contributed by atoms with E-state index in [9.17, 15) is 9.18 Å². The molecule has 1 aromatic rings. The third-order valence-corrected chi connectivity index (χ3v) is 4.72. The maximum absolute atomic E-state index is 13.8. The summed E-state index contributed by atoms with van der Waals surface area (Å²) in [4.78, 5) is 11.2. The molecule has 0 bridgehead atoms. The fourth-order valence-electron chi connectivity index (χ4n) is 2.03. The van der Waals surface area contributed by atoms with E-state index in [1.54, 1.807) is 6.07 Å². The normalized spacial score (nSPS) is 26.2. The first-order chi connectivity index (χ1) is 8.33. The summed E-state index contributed by atoms with van der Waals surface area (Å²) in [7, 11) is 0. The number of benzene rings is 1. The Morgan fingerprint density at radius 2 is 2.22 bits per heavy atom. The van der Waals surface area contributed by atoms with E-state index in [1.807, 2.05) is 13.8 Å². The zero-order valence-electron chi connectivity index (χ0n) is 9.91. The van der Waals surface area contributed by atoms with Crippen LogP contribution in [0.25, 0.3) is 0 Å². The molecule has 1 aliphatic rings. The van der Waals surface area contributed by atoms with Crippen LogP contribution in [0, 0.1) is 5.82 Å². The van der Waals surface area contributed by atoms with Gasteiger partial charge in [-0.3, -0.25) is 10.1 Å². The lowest BCUT2D eigenvalue weighted by Crippen LogP contribution is -2.43. The molecule has 98 valence electrons. The van der Waals surface area contributed by atoms with Gasteiger partial charge in [0.1, 0.15) is 11.9 Å². The molecule has 18 heavy (non-hydrogen) atoms. The molecule has 6 heteroatoms. The molecule has 0 saturated carbocycles. The molecule has 0 radical (unpaired) electrons. The second-order valence-electron chi connectivity index (χ2n) is 4.67. The molecule has 1 aliphatic heterocycles. The highest BCUT2D eigenvalue weighted by atomic mass is 35.5. The third kappa shape index (κ3) is 2.35. The van der Waals surface area contributed by atoms with Crippen LogP contribution in [0.2, 0.25) is 5.02 Å². The zero-order chi connectivity index (χ0) is 13.5. The van der Waals surface area contributed by atoms with Crippen LogP contribution < -0.4 is 5.32 Å². The minimum Gasteiger partial charge on any atom is -0.480 e. The van der Waals surface area contributed by atoms with Gasteiger partial charge in [0.05, 0.1) is 5.37 Å². The number of carboxylic acid groups (broad SMARTS) is 1. The lowest BCUT2D eigenvalue weighted by molar-refractivity contribution is -0.139. The van der Waals surface area contributed by atoms with Gasteiger partial charge in [-0.05, 0) is 26.0 Å². The molecule has 0 spiro atoms. The van der Waals surface area contributed by atoms with Gasteiger partial charge in [0.2, 0.25) is 0 Å². The molecule has 1 heterocycles. The number of nitrogens with one attached hydrogen (secondary N) is 1. The number of rotatable bonds is 2. The Kier molecular flexibility index (Phi) is 3.58. The van der Waals surface area contributed by atoms with Gasteiger partial charge in [-0.15, -0.1) is 11.8 Å². The summed E-state index contributed by atoms with van der Waals surface area (Å²) < 4.78 is 13.3. The number of hydrogen-bond donors (Lipinski definition) is 2. The molecular formula is C12H13ClFNO2S. The average Bonchev–Trinajstić information content (AvgIpc) is 2.54. The van der Waals surface area contributed by atoms with Gasteiger partial charge in [0.15, 0.2) is 0 Å². The molecule has 1 fully saturated rings. The smallest absolute Gasteiger partial charge is 0.322 e. The van der Waals surface area contributed by atoms with Crippen LogP contribution >= 0.6 is 23.4 Å². The van der Waals surface area contributed by atoms with Gasteiger partial charge < -0.3 is 5.11 Å². The van der Waals surface area contributed by atoms with Gasteiger partial charge in [-0.2, -0.15) is 0 Å². The predicted molar refractivity (Wildman–Crippen MR) is 70.4 cm³/mol. The summed E-state index contributed by atoms with van der Waals surface area (Å²) in [5, 5.41) is 11.9. The van der Waals surface area contributed by atoms with Crippen molar-refractivity contribution in [3.8, 4) is 0 Å². The molecule has 0 aromatic heterocycles. The highest BCUT2D eigenvalue weighted by Gasteiger charge is 2.46. The van der Waals surface area contributed by atoms with Crippen LogP contribution in [-0.2, 0) is 4.79 Å². The van der Waals surface area contributed by atoms with Crippen molar-refractivity contribution in [2.45, 2.75) is 30.0 Å². The Morgan fingerprint density at radius 1 is 1.56 bits per heavy atom. The van der Waals surface area contributed by atoms with E-state index in [0.717, 1.165) is 0 Å². The van der Waals surface area contributed by atoms with Crippen molar-refractivity contribution in [2.24, 2.45) is 0 Å². The minimum atomic E-state index is -0.942. The van der Waals surface area contributed by atoms with E-state index in [0.29, 0.717) is 10.6 Å². The Labute approximate surface area is 114 Å². The second-order valence-corrected chi connectivity index (χ2v) is 6.84. The molecule has 2 unspecified atom stereocenters. The van der Waals surface area contributed by atoms with Crippen molar-refractivity contribution in [3.63, 3.8) is 0 Å². The van der Waals surface area contributed by atoms with Crippen LogP contribution in [0.4, 0.5) is 4.39 Å². The molecule has 2 N–H and O–H groups in total. The topological polar surface area (TPSA) is 49.3 Å². The van der Waals surface area contributed by atoms with Gasteiger partial charge in [0.25, 0.3) is 0 Å². The van der Waals surface area contributed by atoms with Gasteiger partial charge >= 0.3 is 5.97 Å². The van der Waals surface area contributed by atoms with Crippen LogP contribution in [0.3, 0.4) is 0 Å². The van der Waals surface area contributed by atoms with Crippen molar-refractivity contribution >= 4 is 29.3 Å². The second kappa shape index (κ2) is 4.72. The van der Waals surface area contributed by atoms with Crippen molar-refractivity contribution in [3.05, 3.63) is 34.6 Å². The minimum absolute atomic E-state index is 0.307. The molecule has 0 aliphatic carbocycles. The molecule has 1 aromatic carbocycles. The van der Waals surface area contributed by atoms with E-state index in [2.05, 4.69) is 5.32 Å². The third-order valence-electron chi connectivity index (χ3n) is 2.94. The summed E-state index contributed by atoms with van der Waals surface area (Å²) in [6.45, 7) is 3.64. The summed E-state index contributed by atoms with van der Waals surface area (Å²) in [5.74, 6) is -1.36. The first kappa shape index (κ1) is 13.6. The lowest BCUT2D eigenvalue weighted by atomic mass is 10.0. The number of aliphatic carboxylic acids is 1. The number of thioether (sulfide) groups is 1. The average molecular weight is 290 g/mol. The van der Waals surface area contributed by atoms with E-state index >= 15 is 0 Å². The number of carboxylic acids is 1. The van der Waals surface area contributed by atoms with Crippen LogP contribution in [-0.4, -0.2) is 21.9 Å². The summed E-state index contributed by atoms with van der Waals surface area (Å²) >= 11 is 7.36. The first-order valence-electron chi connectivity index (χ1n) is 5.43. The zero-order valence-corrected chi connectivity index (χ0v) is 11.5. The molecule has 2 rings (SSSR count). The van der Waals surface area contributed by atoms with E-state index in [4.69, 9.17) is 16.7 Å². The summed E-state index contributed by atoms with van der Waals surface area (Å²) in [6, 6.07) is 3.72. The highest BCUT2D eigenvalue weighted by Crippen LogP contribution is 2.47. The molecule has 1 saturated heterocycles. The lowest BCUT2D eigenvalue weighted by Gasteiger charge is -2.20. The van der Waals surface area contributed by atoms with E-state index in [-0.39, 0.29) is 0 Å². The fraction of sp³-hybridized carbons (Fsp3) is 0.417. The number of hydrogen-bond acceptors (Lipinski definition) is 3. The molecule has 3 nitrogen and oxygen atoms in total. The Hall–Kier alpha value is -0.780. The number of halogens is 2. The molecule has 2 atom stereocenters. The predicted octanol–water partition coefficient (Wildman–Crippen LogP) is 3.05. The first-order valence-corrected chi connectivity index (χ1v) is 6.69. The Balaban J connectivity index is 2.35. The van der Waals surface area contributed by atoms with E-state index < -0.39 is 27.9 Å². The van der Waals surface area contributed by atoms with Gasteiger partial charge in [0, 0.05) is 15.3 Å². The van der Waals surface area contributed by atoms with Gasteiger partial charge in [-0.25, -0.2) is 4.39 Å². The fourth-order valence-corrected chi connectivity index (χ4v) is 3.84. The largest absolute Gasteiger partial charge is 0.480 e. The Bertz CT molecular complexity index is 475. The summed E-state index contributed by atoms with van der Waals surface area (Å²) in [6.07, 6.45) is 0. The van der Waals surface area contributed by atoms with Crippen LogP contribution in [0.15, 0.2) is 18.2 Å². The standard InChI is InChI=1S/C12H13ClFNO2S/c1-12(2)9(11(16)17)15-10(18-12)8-6(13)4-3-5-7(8)14/h3-5,9-10,15H,1-2H3,(H,16,17). The molecular weight excluding hydrogens is 277 g/mol. The van der Waals surface area contributed by atoms with Crippen molar-refractivity contribution in [1.29, 1.82) is 0 Å². The maximum Gasteiger partial charge on any atom is 0.322 e.